The number of halogens is 1. The molecule has 0 spiro atoms. The molecule has 0 aliphatic carbocycles. The van der Waals surface area contributed by atoms with Crippen LogP contribution in [0.2, 0.25) is 0 Å². The number of nitrogens with zero attached hydrogens (tertiary/aromatic N) is 2. The number of benzene rings is 1. The molecule has 2 aromatic heterocycles. The van der Waals surface area contributed by atoms with E-state index < -0.39 is 0 Å². The largest absolute Gasteiger partial charge is 0.357 e. The first-order chi connectivity index (χ1) is 9.58. The van der Waals surface area contributed by atoms with E-state index in [0.29, 0.717) is 6.54 Å². The van der Waals surface area contributed by atoms with Crippen LogP contribution in [0.15, 0.2) is 47.2 Å². The molecule has 2 heterocycles. The van der Waals surface area contributed by atoms with Crippen LogP contribution in [-0.4, -0.2) is 14.9 Å². The summed E-state index contributed by atoms with van der Waals surface area (Å²) in [6.07, 6.45) is 3.75. The fourth-order valence-corrected chi connectivity index (χ4v) is 3.04. The zero-order valence-electron chi connectivity index (χ0n) is 11.4. The van der Waals surface area contributed by atoms with Gasteiger partial charge in [0.1, 0.15) is 0 Å². The summed E-state index contributed by atoms with van der Waals surface area (Å²) in [5, 5.41) is 1.14. The van der Waals surface area contributed by atoms with E-state index in [4.69, 9.17) is 0 Å². The lowest BCUT2D eigenvalue weighted by molar-refractivity contribution is 0.0973. The molecule has 0 saturated carbocycles. The number of hydrogen-bond donors (Lipinski definition) is 0. The predicted molar refractivity (Wildman–Crippen MR) is 84.1 cm³/mol. The van der Waals surface area contributed by atoms with E-state index in [1.165, 1.54) is 0 Å². The molecule has 1 aromatic carbocycles. The SMILES string of the molecule is Cc1c(Br)c2ccccc2n1CC(=O)c1ccn(C)c1. The monoisotopic (exact) mass is 330 g/mol. The van der Waals surface area contributed by atoms with E-state index in [1.54, 1.807) is 0 Å². The molecule has 0 unspecified atom stereocenters. The molecule has 0 N–H and O–H groups in total. The third kappa shape index (κ3) is 2.10. The Bertz CT molecular complexity index is 798. The van der Waals surface area contributed by atoms with E-state index in [1.807, 2.05) is 55.2 Å². The molecule has 3 rings (SSSR count). The van der Waals surface area contributed by atoms with Crippen LogP contribution < -0.4 is 0 Å². The molecule has 0 fully saturated rings. The lowest BCUT2D eigenvalue weighted by Crippen LogP contribution is -2.11. The summed E-state index contributed by atoms with van der Waals surface area (Å²) in [7, 11) is 1.92. The first-order valence-electron chi connectivity index (χ1n) is 6.46. The van der Waals surface area contributed by atoms with Gasteiger partial charge in [-0.1, -0.05) is 18.2 Å². The van der Waals surface area contributed by atoms with Gasteiger partial charge in [-0.3, -0.25) is 4.79 Å². The Morgan fingerprint density at radius 3 is 2.70 bits per heavy atom. The van der Waals surface area contributed by atoms with Crippen LogP contribution >= 0.6 is 15.9 Å². The van der Waals surface area contributed by atoms with Gasteiger partial charge >= 0.3 is 0 Å². The van der Waals surface area contributed by atoms with Crippen LogP contribution in [0.4, 0.5) is 0 Å². The van der Waals surface area contributed by atoms with Crippen molar-refractivity contribution >= 4 is 32.6 Å². The van der Waals surface area contributed by atoms with Crippen molar-refractivity contribution in [2.75, 3.05) is 0 Å². The minimum atomic E-state index is 0.127. The Labute approximate surface area is 125 Å². The molecule has 102 valence electrons. The summed E-state index contributed by atoms with van der Waals surface area (Å²) < 4.78 is 5.02. The summed E-state index contributed by atoms with van der Waals surface area (Å²) in [4.78, 5) is 12.4. The van der Waals surface area contributed by atoms with Crippen LogP contribution in [0.25, 0.3) is 10.9 Å². The molecule has 0 atom stereocenters. The van der Waals surface area contributed by atoms with Gasteiger partial charge in [-0.2, -0.15) is 0 Å². The molecule has 3 aromatic rings. The van der Waals surface area contributed by atoms with Crippen LogP contribution in [0.3, 0.4) is 0 Å². The Balaban J connectivity index is 2.03. The van der Waals surface area contributed by atoms with Crippen molar-refractivity contribution in [3.05, 3.63) is 58.5 Å². The second-order valence-electron chi connectivity index (χ2n) is 4.99. The van der Waals surface area contributed by atoms with E-state index in [0.717, 1.165) is 26.6 Å². The smallest absolute Gasteiger partial charge is 0.184 e. The first kappa shape index (κ1) is 13.2. The highest BCUT2D eigenvalue weighted by Gasteiger charge is 2.15. The van der Waals surface area contributed by atoms with Gasteiger partial charge in [0, 0.05) is 46.1 Å². The summed E-state index contributed by atoms with van der Waals surface area (Å²) in [6.45, 7) is 2.39. The van der Waals surface area contributed by atoms with Gasteiger partial charge in [0.25, 0.3) is 0 Å². The third-order valence-corrected chi connectivity index (χ3v) is 4.61. The number of fused-ring (bicyclic) bond motifs is 1. The highest BCUT2D eigenvalue weighted by atomic mass is 79.9. The number of Topliss-reactive ketones (excluding diaryl/α,β-unsaturated/α-hetero) is 1. The van der Waals surface area contributed by atoms with E-state index in [-0.39, 0.29) is 5.78 Å². The quantitative estimate of drug-likeness (QED) is 0.668. The van der Waals surface area contributed by atoms with Crippen molar-refractivity contribution in [3.63, 3.8) is 0 Å². The lowest BCUT2D eigenvalue weighted by Gasteiger charge is -2.06. The number of rotatable bonds is 3. The summed E-state index contributed by atoms with van der Waals surface area (Å²) >= 11 is 3.62. The average molecular weight is 331 g/mol. The van der Waals surface area contributed by atoms with Crippen molar-refractivity contribution in [1.29, 1.82) is 0 Å². The van der Waals surface area contributed by atoms with E-state index in [2.05, 4.69) is 26.6 Å². The van der Waals surface area contributed by atoms with E-state index >= 15 is 0 Å². The second-order valence-corrected chi connectivity index (χ2v) is 5.78. The molecule has 4 heteroatoms. The first-order valence-corrected chi connectivity index (χ1v) is 7.25. The van der Waals surface area contributed by atoms with Crippen LogP contribution in [-0.2, 0) is 13.6 Å². The lowest BCUT2D eigenvalue weighted by atomic mass is 10.2. The zero-order chi connectivity index (χ0) is 14.3. The van der Waals surface area contributed by atoms with Crippen LogP contribution in [0.5, 0.6) is 0 Å². The fraction of sp³-hybridized carbons (Fsp3) is 0.188. The predicted octanol–water partition coefficient (Wildman–Crippen LogP) is 3.93. The van der Waals surface area contributed by atoms with Gasteiger partial charge in [-0.15, -0.1) is 0 Å². The van der Waals surface area contributed by atoms with Crippen molar-refractivity contribution in [3.8, 4) is 0 Å². The molecule has 0 amide bonds. The van der Waals surface area contributed by atoms with Gasteiger partial charge in [0.15, 0.2) is 5.78 Å². The summed E-state index contributed by atoms with van der Waals surface area (Å²) in [6, 6.07) is 9.98. The third-order valence-electron chi connectivity index (χ3n) is 3.61. The number of carbonyl (C=O) groups is 1. The van der Waals surface area contributed by atoms with Crippen molar-refractivity contribution < 1.29 is 4.79 Å². The number of ketones is 1. The van der Waals surface area contributed by atoms with Gasteiger partial charge in [0.2, 0.25) is 0 Å². The molecular formula is C16H15BrN2O. The molecule has 0 aliphatic rings. The normalized spacial score (nSPS) is 11.2. The van der Waals surface area contributed by atoms with Crippen molar-refractivity contribution in [2.45, 2.75) is 13.5 Å². The number of para-hydroxylation sites is 1. The van der Waals surface area contributed by atoms with Gasteiger partial charge in [-0.25, -0.2) is 0 Å². The number of aromatic nitrogens is 2. The van der Waals surface area contributed by atoms with E-state index in [9.17, 15) is 4.79 Å². The maximum absolute atomic E-state index is 12.4. The molecule has 0 bridgehead atoms. The highest BCUT2D eigenvalue weighted by molar-refractivity contribution is 9.10. The standard InChI is InChI=1S/C16H15BrN2O/c1-11-16(17)13-5-3-4-6-14(13)19(11)10-15(20)12-7-8-18(2)9-12/h3-9H,10H2,1-2H3. The minimum Gasteiger partial charge on any atom is -0.357 e. The Morgan fingerprint density at radius 2 is 2.00 bits per heavy atom. The van der Waals surface area contributed by atoms with Gasteiger partial charge < -0.3 is 9.13 Å². The summed E-state index contributed by atoms with van der Waals surface area (Å²) in [5.41, 5.74) is 2.91. The maximum atomic E-state index is 12.4. The highest BCUT2D eigenvalue weighted by Crippen LogP contribution is 2.30. The number of hydrogen-bond acceptors (Lipinski definition) is 1. The van der Waals surface area contributed by atoms with Gasteiger partial charge in [0.05, 0.1) is 6.54 Å². The Morgan fingerprint density at radius 1 is 1.25 bits per heavy atom. The van der Waals surface area contributed by atoms with Crippen molar-refractivity contribution in [2.24, 2.45) is 7.05 Å². The molecule has 3 nitrogen and oxygen atoms in total. The zero-order valence-corrected chi connectivity index (χ0v) is 13.0. The maximum Gasteiger partial charge on any atom is 0.184 e. The second kappa shape index (κ2) is 4.94. The van der Waals surface area contributed by atoms with Gasteiger partial charge in [-0.05, 0) is 35.0 Å². The topological polar surface area (TPSA) is 26.9 Å². The summed E-state index contributed by atoms with van der Waals surface area (Å²) in [5.74, 6) is 0.127. The Hall–Kier alpha value is -1.81. The number of aryl methyl sites for hydroxylation is 1. The molecule has 0 radical (unpaired) electrons. The fourth-order valence-electron chi connectivity index (χ4n) is 2.50. The van der Waals surface area contributed by atoms with Crippen molar-refractivity contribution in [1.82, 2.24) is 9.13 Å². The molecule has 0 saturated heterocycles. The molecular weight excluding hydrogens is 316 g/mol. The minimum absolute atomic E-state index is 0.127. The van der Waals surface area contributed by atoms with Crippen LogP contribution in [0, 0.1) is 6.92 Å². The molecule has 0 aliphatic heterocycles. The number of carbonyl (C=O) groups excluding carboxylic acids is 1. The van der Waals surface area contributed by atoms with Crippen LogP contribution in [0.1, 0.15) is 16.1 Å². The Kier molecular flexibility index (Phi) is 3.26. The average Bonchev–Trinajstić information content (AvgIpc) is 2.98. The molecule has 20 heavy (non-hydrogen) atoms.